The van der Waals surface area contributed by atoms with Crippen LogP contribution in [0, 0.1) is 17.2 Å². The molecule has 0 saturated heterocycles. The summed E-state index contributed by atoms with van der Waals surface area (Å²) in [4.78, 5) is 11.7. The SMILES string of the molecule is CCc1c(C#N)c(-c2ccc(CCC(C)C)cc2)c(C(=O)O)n1C. The van der Waals surface area contributed by atoms with E-state index in [0.29, 0.717) is 23.5 Å². The number of benzene rings is 1. The van der Waals surface area contributed by atoms with Crippen LogP contribution in [-0.2, 0) is 19.9 Å². The molecule has 0 radical (unpaired) electrons. The third-order valence-corrected chi connectivity index (χ3v) is 4.42. The summed E-state index contributed by atoms with van der Waals surface area (Å²) in [5.74, 6) is -0.359. The van der Waals surface area contributed by atoms with E-state index in [1.165, 1.54) is 5.56 Å². The van der Waals surface area contributed by atoms with Crippen LogP contribution < -0.4 is 0 Å². The molecule has 1 aromatic carbocycles. The maximum absolute atomic E-state index is 11.7. The van der Waals surface area contributed by atoms with Gasteiger partial charge in [0.05, 0.1) is 5.56 Å². The van der Waals surface area contributed by atoms with Gasteiger partial charge in [0, 0.05) is 18.3 Å². The van der Waals surface area contributed by atoms with E-state index in [2.05, 4.69) is 19.9 Å². The van der Waals surface area contributed by atoms with E-state index in [0.717, 1.165) is 24.1 Å². The Kier molecular flexibility index (Phi) is 5.46. The number of hydrogen-bond donors (Lipinski definition) is 1. The van der Waals surface area contributed by atoms with Crippen molar-refractivity contribution in [1.29, 1.82) is 5.26 Å². The van der Waals surface area contributed by atoms with E-state index in [4.69, 9.17) is 0 Å². The van der Waals surface area contributed by atoms with Crippen LogP contribution >= 0.6 is 0 Å². The molecule has 0 aliphatic heterocycles. The average molecular weight is 324 g/mol. The van der Waals surface area contributed by atoms with Crippen LogP contribution in [0.3, 0.4) is 0 Å². The van der Waals surface area contributed by atoms with E-state index in [9.17, 15) is 15.2 Å². The second-order valence-electron chi connectivity index (χ2n) is 6.50. The Morgan fingerprint density at radius 3 is 2.38 bits per heavy atom. The lowest BCUT2D eigenvalue weighted by molar-refractivity contribution is 0.0687. The van der Waals surface area contributed by atoms with Crippen LogP contribution in [0.1, 0.15) is 54.5 Å². The van der Waals surface area contributed by atoms with E-state index in [-0.39, 0.29) is 5.69 Å². The predicted molar refractivity (Wildman–Crippen MR) is 95.1 cm³/mol. The van der Waals surface area contributed by atoms with Crippen molar-refractivity contribution in [3.8, 4) is 17.2 Å². The standard InChI is InChI=1S/C20H24N2O2/c1-5-17-16(12-21)18(19(20(23)24)22(17)4)15-10-8-14(9-11-15)7-6-13(2)3/h8-11,13H,5-7H2,1-4H3,(H,23,24). The molecule has 0 fully saturated rings. The maximum atomic E-state index is 11.7. The van der Waals surface area contributed by atoms with Gasteiger partial charge in [-0.05, 0) is 36.3 Å². The number of nitrogens with zero attached hydrogens (tertiary/aromatic N) is 2. The Labute approximate surface area is 143 Å². The van der Waals surface area contributed by atoms with Crippen molar-refractivity contribution < 1.29 is 9.90 Å². The average Bonchev–Trinajstić information content (AvgIpc) is 2.85. The van der Waals surface area contributed by atoms with Crippen LogP contribution in [0.15, 0.2) is 24.3 Å². The first-order valence-electron chi connectivity index (χ1n) is 8.34. The predicted octanol–water partition coefficient (Wildman–Crippen LogP) is 4.41. The fraction of sp³-hybridized carbons (Fsp3) is 0.400. The van der Waals surface area contributed by atoms with E-state index < -0.39 is 5.97 Å². The van der Waals surface area contributed by atoms with Gasteiger partial charge in [-0.1, -0.05) is 45.0 Å². The molecule has 4 nitrogen and oxygen atoms in total. The lowest BCUT2D eigenvalue weighted by Crippen LogP contribution is -2.07. The van der Waals surface area contributed by atoms with Crippen molar-refractivity contribution in [3.63, 3.8) is 0 Å². The molecule has 0 unspecified atom stereocenters. The summed E-state index contributed by atoms with van der Waals surface area (Å²) in [5.41, 5.74) is 3.95. The highest BCUT2D eigenvalue weighted by atomic mass is 16.4. The summed E-state index contributed by atoms with van der Waals surface area (Å²) in [7, 11) is 1.71. The lowest BCUT2D eigenvalue weighted by Gasteiger charge is -2.07. The molecule has 1 aromatic heterocycles. The highest BCUT2D eigenvalue weighted by Crippen LogP contribution is 2.32. The minimum Gasteiger partial charge on any atom is -0.477 e. The molecule has 0 atom stereocenters. The Hall–Kier alpha value is -2.54. The quantitative estimate of drug-likeness (QED) is 0.855. The van der Waals surface area contributed by atoms with Gasteiger partial charge in [-0.15, -0.1) is 0 Å². The van der Waals surface area contributed by atoms with Gasteiger partial charge >= 0.3 is 5.97 Å². The molecular weight excluding hydrogens is 300 g/mol. The van der Waals surface area contributed by atoms with Crippen molar-refractivity contribution in [2.75, 3.05) is 0 Å². The Morgan fingerprint density at radius 2 is 1.92 bits per heavy atom. The number of hydrogen-bond acceptors (Lipinski definition) is 2. The van der Waals surface area contributed by atoms with Crippen LogP contribution in [-0.4, -0.2) is 15.6 Å². The Morgan fingerprint density at radius 1 is 1.29 bits per heavy atom. The molecule has 0 amide bonds. The molecule has 4 heteroatoms. The molecule has 0 spiro atoms. The molecule has 1 N–H and O–H groups in total. The fourth-order valence-corrected chi connectivity index (χ4v) is 3.09. The molecular formula is C20H24N2O2. The Balaban J connectivity index is 2.52. The summed E-state index contributed by atoms with van der Waals surface area (Å²) < 4.78 is 1.63. The molecule has 0 saturated carbocycles. The van der Waals surface area contributed by atoms with Gasteiger partial charge in [0.2, 0.25) is 0 Å². The minimum absolute atomic E-state index is 0.179. The summed E-state index contributed by atoms with van der Waals surface area (Å²) in [5, 5.41) is 19.2. The van der Waals surface area contributed by atoms with Gasteiger partial charge in [0.15, 0.2) is 0 Å². The van der Waals surface area contributed by atoms with Gasteiger partial charge in [-0.25, -0.2) is 4.79 Å². The van der Waals surface area contributed by atoms with Gasteiger partial charge in [-0.2, -0.15) is 5.26 Å². The topological polar surface area (TPSA) is 66.0 Å². The third-order valence-electron chi connectivity index (χ3n) is 4.42. The number of nitriles is 1. The first-order valence-corrected chi connectivity index (χ1v) is 8.34. The van der Waals surface area contributed by atoms with Crippen molar-refractivity contribution in [3.05, 3.63) is 46.8 Å². The van der Waals surface area contributed by atoms with Crippen molar-refractivity contribution in [2.45, 2.75) is 40.0 Å². The van der Waals surface area contributed by atoms with Crippen LogP contribution in [0.5, 0.6) is 0 Å². The third kappa shape index (κ3) is 3.35. The summed E-state index contributed by atoms with van der Waals surface area (Å²) >= 11 is 0. The largest absolute Gasteiger partial charge is 0.477 e. The summed E-state index contributed by atoms with van der Waals surface area (Å²) in [6.07, 6.45) is 2.74. The summed E-state index contributed by atoms with van der Waals surface area (Å²) in [6.45, 7) is 6.33. The monoisotopic (exact) mass is 324 g/mol. The van der Waals surface area contributed by atoms with Crippen molar-refractivity contribution in [1.82, 2.24) is 4.57 Å². The first-order chi connectivity index (χ1) is 11.4. The number of carbonyl (C=O) groups is 1. The van der Waals surface area contributed by atoms with E-state index >= 15 is 0 Å². The molecule has 0 aliphatic carbocycles. The van der Waals surface area contributed by atoms with E-state index in [1.807, 2.05) is 31.2 Å². The minimum atomic E-state index is -1.01. The van der Waals surface area contributed by atoms with Gasteiger partial charge in [-0.3, -0.25) is 0 Å². The van der Waals surface area contributed by atoms with Gasteiger partial charge < -0.3 is 9.67 Å². The fourth-order valence-electron chi connectivity index (χ4n) is 3.09. The number of aromatic nitrogens is 1. The van der Waals surface area contributed by atoms with Crippen molar-refractivity contribution in [2.24, 2.45) is 13.0 Å². The van der Waals surface area contributed by atoms with Crippen molar-refractivity contribution >= 4 is 5.97 Å². The van der Waals surface area contributed by atoms with Crippen LogP contribution in [0.25, 0.3) is 11.1 Å². The molecule has 126 valence electrons. The molecule has 24 heavy (non-hydrogen) atoms. The second-order valence-corrected chi connectivity index (χ2v) is 6.50. The lowest BCUT2D eigenvalue weighted by atomic mass is 9.97. The van der Waals surface area contributed by atoms with Gasteiger partial charge in [0.25, 0.3) is 0 Å². The smallest absolute Gasteiger partial charge is 0.353 e. The second kappa shape index (κ2) is 7.35. The summed E-state index contributed by atoms with van der Waals surface area (Å²) in [6, 6.07) is 10.1. The zero-order chi connectivity index (χ0) is 17.9. The van der Waals surface area contributed by atoms with Gasteiger partial charge in [0.1, 0.15) is 11.8 Å². The highest BCUT2D eigenvalue weighted by Gasteiger charge is 2.25. The molecule has 0 bridgehead atoms. The highest BCUT2D eigenvalue weighted by molar-refractivity contribution is 5.97. The number of rotatable bonds is 6. The zero-order valence-corrected chi connectivity index (χ0v) is 14.8. The number of carboxylic acid groups (broad SMARTS) is 1. The molecule has 1 heterocycles. The van der Waals surface area contributed by atoms with E-state index in [1.54, 1.807) is 11.6 Å². The normalized spacial score (nSPS) is 10.8. The number of carboxylic acids is 1. The zero-order valence-electron chi connectivity index (χ0n) is 14.8. The Bertz CT molecular complexity index is 777. The van der Waals surface area contributed by atoms with Crippen LogP contribution in [0.4, 0.5) is 0 Å². The van der Waals surface area contributed by atoms with Crippen LogP contribution in [0.2, 0.25) is 0 Å². The molecule has 0 aliphatic rings. The molecule has 2 rings (SSSR count). The number of aromatic carboxylic acids is 1. The first kappa shape index (κ1) is 17.8. The number of aryl methyl sites for hydroxylation is 1. The maximum Gasteiger partial charge on any atom is 0.353 e. The molecule has 2 aromatic rings.